The molecule has 8 heteroatoms. The van der Waals surface area contributed by atoms with E-state index in [1.54, 1.807) is 63.1 Å². The lowest BCUT2D eigenvalue weighted by molar-refractivity contribution is -0.142. The van der Waals surface area contributed by atoms with Gasteiger partial charge in [0.15, 0.2) is 0 Å². The number of amides is 3. The van der Waals surface area contributed by atoms with Crippen LogP contribution in [-0.4, -0.2) is 48.1 Å². The third kappa shape index (κ3) is 11.7. The highest BCUT2D eigenvalue weighted by Gasteiger charge is 2.38. The van der Waals surface area contributed by atoms with Crippen molar-refractivity contribution in [1.82, 2.24) is 10.2 Å². The molecule has 242 valence electrons. The number of hydrogen-bond donors (Lipinski definition) is 2. The first-order valence-corrected chi connectivity index (χ1v) is 15.9. The number of hydrogen-bond acceptors (Lipinski definition) is 5. The minimum atomic E-state index is -0.952. The Morgan fingerprint density at radius 2 is 1.64 bits per heavy atom. The summed E-state index contributed by atoms with van der Waals surface area (Å²) in [5, 5.41) is 5.85. The van der Waals surface area contributed by atoms with Crippen molar-refractivity contribution in [3.8, 4) is 5.75 Å². The fourth-order valence-electron chi connectivity index (χ4n) is 4.94. The van der Waals surface area contributed by atoms with E-state index in [0.717, 1.165) is 37.7 Å². The van der Waals surface area contributed by atoms with Crippen LogP contribution in [0.1, 0.15) is 104 Å². The number of methoxy groups -OCH3 is 1. The molecule has 0 saturated heterocycles. The summed E-state index contributed by atoms with van der Waals surface area (Å²) < 4.78 is 10.8. The molecule has 0 spiro atoms. The molecule has 0 aliphatic carbocycles. The number of unbranched alkanes of at least 4 members (excludes halogenated alkanes) is 5. The first-order valence-electron chi connectivity index (χ1n) is 15.9. The number of carbonyl (C=O) groups is 3. The maximum absolute atomic E-state index is 14.6. The predicted molar refractivity (Wildman–Crippen MR) is 179 cm³/mol. The second-order valence-corrected chi connectivity index (χ2v) is 12.3. The van der Waals surface area contributed by atoms with E-state index < -0.39 is 23.8 Å². The Morgan fingerprint density at radius 3 is 2.23 bits per heavy atom. The van der Waals surface area contributed by atoms with Gasteiger partial charge in [-0.05, 0) is 74.6 Å². The zero-order valence-corrected chi connectivity index (χ0v) is 27.8. The van der Waals surface area contributed by atoms with Crippen LogP contribution >= 0.6 is 0 Å². The predicted octanol–water partition coefficient (Wildman–Crippen LogP) is 8.15. The molecule has 3 atom stereocenters. The van der Waals surface area contributed by atoms with Gasteiger partial charge >= 0.3 is 6.09 Å². The molecule has 0 heterocycles. The Bertz CT molecular complexity index is 1200. The minimum absolute atomic E-state index is 0.202. The van der Waals surface area contributed by atoms with Gasteiger partial charge in [0.25, 0.3) is 5.91 Å². The van der Waals surface area contributed by atoms with Gasteiger partial charge in [-0.1, -0.05) is 90.2 Å². The summed E-state index contributed by atoms with van der Waals surface area (Å²) >= 11 is 0. The van der Waals surface area contributed by atoms with Gasteiger partial charge in [0.05, 0.1) is 7.11 Å². The third-order valence-electron chi connectivity index (χ3n) is 7.57. The summed E-state index contributed by atoms with van der Waals surface area (Å²) in [4.78, 5) is 43.3. The van der Waals surface area contributed by atoms with Gasteiger partial charge < -0.3 is 25.0 Å². The number of carbonyl (C=O) groups excluding carboxylic acids is 3. The molecule has 3 amide bonds. The normalized spacial score (nSPS) is 13.2. The van der Waals surface area contributed by atoms with Crippen LogP contribution in [-0.2, 0) is 14.3 Å². The van der Waals surface area contributed by atoms with Crippen LogP contribution in [0.3, 0.4) is 0 Å². The van der Waals surface area contributed by atoms with Crippen molar-refractivity contribution in [1.29, 1.82) is 0 Å². The molecular weight excluding hydrogens is 554 g/mol. The molecule has 44 heavy (non-hydrogen) atoms. The quantitative estimate of drug-likeness (QED) is 0.177. The lowest BCUT2D eigenvalue weighted by Crippen LogP contribution is -2.55. The largest absolute Gasteiger partial charge is 0.497 e. The van der Waals surface area contributed by atoms with E-state index in [1.165, 1.54) is 6.42 Å². The topological polar surface area (TPSA) is 97.0 Å². The average molecular weight is 608 g/mol. The SMILES string of the molecule is C=Cc1cccc(C(C(=O)Nc2ccc(OC)cc2)N(CCCCCCCC)C(=O)C(NC(=O)OC(C)(C)C)C(C)CC)c1. The molecule has 0 radical (unpaired) electrons. The summed E-state index contributed by atoms with van der Waals surface area (Å²) in [6.07, 6.45) is 7.84. The molecule has 0 fully saturated rings. The number of nitrogens with zero attached hydrogens (tertiary/aromatic N) is 1. The van der Waals surface area contributed by atoms with Gasteiger partial charge in [-0.15, -0.1) is 0 Å². The summed E-state index contributed by atoms with van der Waals surface area (Å²) in [7, 11) is 1.58. The first-order chi connectivity index (χ1) is 20.9. The van der Waals surface area contributed by atoms with Crippen molar-refractivity contribution in [2.24, 2.45) is 5.92 Å². The third-order valence-corrected chi connectivity index (χ3v) is 7.57. The minimum Gasteiger partial charge on any atom is -0.497 e. The molecule has 2 rings (SSSR count). The van der Waals surface area contributed by atoms with Crippen molar-refractivity contribution in [3.05, 3.63) is 66.2 Å². The van der Waals surface area contributed by atoms with Gasteiger partial charge in [0, 0.05) is 12.2 Å². The lowest BCUT2D eigenvalue weighted by atomic mass is 9.95. The van der Waals surface area contributed by atoms with Crippen molar-refractivity contribution in [2.75, 3.05) is 19.0 Å². The highest BCUT2D eigenvalue weighted by atomic mass is 16.6. The number of alkyl carbamates (subject to hydrolysis) is 1. The van der Waals surface area contributed by atoms with Crippen LogP contribution in [0.5, 0.6) is 5.75 Å². The van der Waals surface area contributed by atoms with Gasteiger partial charge in [-0.25, -0.2) is 4.79 Å². The second kappa shape index (κ2) is 18.1. The van der Waals surface area contributed by atoms with Gasteiger partial charge in [0.1, 0.15) is 23.4 Å². The van der Waals surface area contributed by atoms with E-state index >= 15 is 0 Å². The summed E-state index contributed by atoms with van der Waals surface area (Å²) in [5.41, 5.74) is 1.35. The van der Waals surface area contributed by atoms with E-state index in [1.807, 2.05) is 38.1 Å². The van der Waals surface area contributed by atoms with Crippen LogP contribution in [0.2, 0.25) is 0 Å². The summed E-state index contributed by atoms with van der Waals surface area (Å²) in [5.74, 6) is -0.205. The van der Waals surface area contributed by atoms with E-state index in [0.29, 0.717) is 30.0 Å². The number of nitrogens with one attached hydrogen (secondary N) is 2. The monoisotopic (exact) mass is 607 g/mol. The van der Waals surface area contributed by atoms with E-state index in [9.17, 15) is 14.4 Å². The number of rotatable bonds is 17. The lowest BCUT2D eigenvalue weighted by Gasteiger charge is -2.36. The molecule has 0 aliphatic heterocycles. The second-order valence-electron chi connectivity index (χ2n) is 12.3. The summed E-state index contributed by atoms with van der Waals surface area (Å²) in [6.45, 7) is 15.7. The number of anilines is 1. The van der Waals surface area contributed by atoms with Gasteiger partial charge in [-0.3, -0.25) is 9.59 Å². The van der Waals surface area contributed by atoms with Crippen molar-refractivity contribution in [2.45, 2.75) is 104 Å². The van der Waals surface area contributed by atoms with Crippen LogP contribution in [0.15, 0.2) is 55.1 Å². The average Bonchev–Trinajstić information content (AvgIpc) is 2.99. The molecule has 2 aromatic rings. The van der Waals surface area contributed by atoms with Crippen molar-refractivity contribution >= 4 is 29.7 Å². The molecule has 2 N–H and O–H groups in total. The van der Waals surface area contributed by atoms with Crippen LogP contribution in [0.4, 0.5) is 10.5 Å². The smallest absolute Gasteiger partial charge is 0.408 e. The van der Waals surface area contributed by atoms with Gasteiger partial charge in [-0.2, -0.15) is 0 Å². The van der Waals surface area contributed by atoms with Crippen LogP contribution in [0, 0.1) is 5.92 Å². The highest BCUT2D eigenvalue weighted by Crippen LogP contribution is 2.28. The van der Waals surface area contributed by atoms with E-state index in [2.05, 4.69) is 24.1 Å². The van der Waals surface area contributed by atoms with Crippen LogP contribution < -0.4 is 15.4 Å². The molecular formula is C36H53N3O5. The standard InChI is InChI=1S/C36H53N3O5/c1-9-12-13-14-15-16-24-39(34(41)31(26(4)10-2)38-35(42)44-36(5,6)7)32(28-19-17-18-27(11-3)25-28)33(40)37-29-20-22-30(43-8)23-21-29/h11,17-23,25-26,31-32H,3,9-10,12-16,24H2,1-2,4-8H3,(H,37,40)(H,38,42). The molecule has 0 aromatic heterocycles. The van der Waals surface area contributed by atoms with Gasteiger partial charge in [0.2, 0.25) is 5.91 Å². The van der Waals surface area contributed by atoms with E-state index in [-0.39, 0.29) is 17.7 Å². The van der Waals surface area contributed by atoms with Crippen molar-refractivity contribution in [3.63, 3.8) is 0 Å². The molecule has 0 saturated carbocycles. The Balaban J connectivity index is 2.56. The zero-order chi connectivity index (χ0) is 32.7. The first kappa shape index (κ1) is 36.4. The Morgan fingerprint density at radius 1 is 0.977 bits per heavy atom. The van der Waals surface area contributed by atoms with Crippen molar-refractivity contribution < 1.29 is 23.9 Å². The molecule has 0 bridgehead atoms. The Labute approximate surface area is 264 Å². The fourth-order valence-corrected chi connectivity index (χ4v) is 4.94. The van der Waals surface area contributed by atoms with E-state index in [4.69, 9.17) is 9.47 Å². The molecule has 8 nitrogen and oxygen atoms in total. The Hall–Kier alpha value is -3.81. The Kier molecular flexibility index (Phi) is 15.0. The number of benzene rings is 2. The highest BCUT2D eigenvalue weighted by molar-refractivity contribution is 5.99. The number of ether oxygens (including phenoxy) is 2. The maximum Gasteiger partial charge on any atom is 0.408 e. The molecule has 3 unspecified atom stereocenters. The maximum atomic E-state index is 14.6. The molecule has 0 aliphatic rings. The fraction of sp³-hybridized carbons (Fsp3) is 0.528. The zero-order valence-electron chi connectivity index (χ0n) is 27.8. The summed E-state index contributed by atoms with van der Waals surface area (Å²) in [6, 6.07) is 12.7. The van der Waals surface area contributed by atoms with Crippen LogP contribution in [0.25, 0.3) is 6.08 Å². The molecule has 2 aromatic carbocycles.